The number of aromatic nitrogens is 2. The van der Waals surface area contributed by atoms with Crippen LogP contribution in [-0.2, 0) is 11.3 Å². The van der Waals surface area contributed by atoms with E-state index >= 15 is 0 Å². The lowest BCUT2D eigenvalue weighted by atomic mass is 9.94. The lowest BCUT2D eigenvalue weighted by Crippen LogP contribution is -2.64. The number of nitriles is 1. The van der Waals surface area contributed by atoms with Crippen LogP contribution in [0.15, 0.2) is 60.9 Å². The molecule has 6 rings (SSSR count). The van der Waals surface area contributed by atoms with Crippen LogP contribution in [-0.4, -0.2) is 83.1 Å². The van der Waals surface area contributed by atoms with Gasteiger partial charge in [0.2, 0.25) is 11.8 Å². The first-order valence-corrected chi connectivity index (χ1v) is 14.1. The Morgan fingerprint density at radius 3 is 2.61 bits per heavy atom. The fourth-order valence-electron chi connectivity index (χ4n) is 6.06. The minimum absolute atomic E-state index is 0.0272. The summed E-state index contributed by atoms with van der Waals surface area (Å²) in [5.74, 6) is -2.60. The second-order valence-corrected chi connectivity index (χ2v) is 10.8. The third-order valence-electron chi connectivity index (χ3n) is 8.27. The summed E-state index contributed by atoms with van der Waals surface area (Å²) in [4.78, 5) is 39.6. The average molecular weight is 607 g/mol. The molecule has 14 heteroatoms. The van der Waals surface area contributed by atoms with Gasteiger partial charge in [-0.2, -0.15) is 18.4 Å². The Hall–Kier alpha value is -4.74. The number of benzene rings is 1. The molecule has 2 saturated heterocycles. The molecule has 0 radical (unpaired) electrons. The van der Waals surface area contributed by atoms with Crippen molar-refractivity contribution in [3.63, 3.8) is 0 Å². The molecule has 5 heterocycles. The lowest BCUT2D eigenvalue weighted by Gasteiger charge is -2.40. The molecule has 44 heavy (non-hydrogen) atoms. The number of hydrogen-bond acceptors (Lipinski definition) is 9. The first kappa shape index (κ1) is 29.3. The molecule has 228 valence electrons. The van der Waals surface area contributed by atoms with Crippen LogP contribution in [0.3, 0.4) is 0 Å². The standard InChI is InChI=1S/C30H29F3N8O3/c31-30(32,33)27-23(16-37-38-28(27)42)41-17-21-3-1-2-4-22(21)24(41)18-44-26-13-20(7-8-35-26)29(43)40-11-9-39(10-12-40)25-6-5-19(14-34)15-36-25/h1-8,13,15,23-24,27,37H,9-12,16-18H2,(H,38,42). The maximum absolute atomic E-state index is 14.0. The van der Waals surface area contributed by atoms with E-state index in [0.717, 1.165) is 16.9 Å². The zero-order valence-electron chi connectivity index (χ0n) is 23.5. The number of fused-ring (bicyclic) bond motifs is 1. The number of piperazine rings is 1. The number of ether oxygens (including phenoxy) is 1. The van der Waals surface area contributed by atoms with Crippen LogP contribution in [0.25, 0.3) is 0 Å². The highest BCUT2D eigenvalue weighted by atomic mass is 19.4. The topological polar surface area (TPSA) is 127 Å². The zero-order valence-corrected chi connectivity index (χ0v) is 23.5. The summed E-state index contributed by atoms with van der Waals surface area (Å²) in [6.07, 6.45) is -1.74. The second-order valence-electron chi connectivity index (χ2n) is 10.8. The van der Waals surface area contributed by atoms with Gasteiger partial charge in [-0.15, -0.1) is 0 Å². The highest BCUT2D eigenvalue weighted by molar-refractivity contribution is 5.94. The van der Waals surface area contributed by atoms with E-state index in [0.29, 0.717) is 37.3 Å². The smallest absolute Gasteiger partial charge is 0.402 e. The molecule has 11 nitrogen and oxygen atoms in total. The van der Waals surface area contributed by atoms with Gasteiger partial charge >= 0.3 is 6.18 Å². The summed E-state index contributed by atoms with van der Waals surface area (Å²) < 4.78 is 48.0. The number of hydrogen-bond donors (Lipinski definition) is 2. The molecular weight excluding hydrogens is 577 g/mol. The minimum Gasteiger partial charge on any atom is -0.476 e. The van der Waals surface area contributed by atoms with E-state index in [-0.39, 0.29) is 31.5 Å². The van der Waals surface area contributed by atoms with E-state index in [1.807, 2.05) is 35.2 Å². The van der Waals surface area contributed by atoms with Gasteiger partial charge in [0.1, 0.15) is 18.5 Å². The SMILES string of the molecule is N#Cc1ccc(N2CCN(C(=O)c3ccnc(OCC4c5ccccc5CN4C4CNNC(=O)C4C(F)(F)F)c3)CC2)nc1. The highest BCUT2D eigenvalue weighted by Crippen LogP contribution is 2.41. The van der Waals surface area contributed by atoms with Gasteiger partial charge in [0, 0.05) is 69.3 Å². The van der Waals surface area contributed by atoms with E-state index in [1.165, 1.54) is 18.5 Å². The summed E-state index contributed by atoms with van der Waals surface area (Å²) in [6.45, 7) is 2.20. The van der Waals surface area contributed by atoms with E-state index < -0.39 is 30.1 Å². The Balaban J connectivity index is 1.13. The van der Waals surface area contributed by atoms with Gasteiger partial charge in [0.25, 0.3) is 5.91 Å². The first-order valence-electron chi connectivity index (χ1n) is 14.1. The van der Waals surface area contributed by atoms with Crippen LogP contribution < -0.4 is 20.5 Å². The van der Waals surface area contributed by atoms with Crippen molar-refractivity contribution in [2.45, 2.75) is 24.8 Å². The molecular formula is C30H29F3N8O3. The van der Waals surface area contributed by atoms with Gasteiger partial charge in [0.05, 0.1) is 11.6 Å². The van der Waals surface area contributed by atoms with E-state index in [1.54, 1.807) is 28.0 Å². The van der Waals surface area contributed by atoms with Crippen molar-refractivity contribution in [2.75, 3.05) is 44.2 Å². The van der Waals surface area contributed by atoms with Crippen molar-refractivity contribution < 1.29 is 27.5 Å². The van der Waals surface area contributed by atoms with E-state index in [2.05, 4.69) is 20.8 Å². The van der Waals surface area contributed by atoms with Crippen molar-refractivity contribution in [2.24, 2.45) is 5.92 Å². The number of nitrogens with zero attached hydrogens (tertiary/aromatic N) is 6. The largest absolute Gasteiger partial charge is 0.476 e. The van der Waals surface area contributed by atoms with Crippen LogP contribution in [0.4, 0.5) is 19.0 Å². The molecule has 1 aromatic carbocycles. The number of rotatable bonds is 6. The predicted molar refractivity (Wildman–Crippen MR) is 151 cm³/mol. The highest BCUT2D eigenvalue weighted by Gasteiger charge is 2.55. The predicted octanol–water partition coefficient (Wildman–Crippen LogP) is 2.43. The number of nitrogens with one attached hydrogen (secondary N) is 2. The summed E-state index contributed by atoms with van der Waals surface area (Å²) >= 11 is 0. The molecule has 0 aliphatic carbocycles. The Morgan fingerprint density at radius 2 is 1.89 bits per heavy atom. The Labute approximate surface area is 251 Å². The monoisotopic (exact) mass is 606 g/mol. The van der Waals surface area contributed by atoms with E-state index in [9.17, 15) is 22.8 Å². The summed E-state index contributed by atoms with van der Waals surface area (Å²) in [5.41, 5.74) is 7.26. The van der Waals surface area contributed by atoms with Crippen LogP contribution >= 0.6 is 0 Å². The van der Waals surface area contributed by atoms with Crippen molar-refractivity contribution in [1.82, 2.24) is 30.6 Å². The van der Waals surface area contributed by atoms with Crippen molar-refractivity contribution in [3.8, 4) is 11.9 Å². The number of carbonyl (C=O) groups is 2. The molecule has 2 N–H and O–H groups in total. The lowest BCUT2D eigenvalue weighted by molar-refractivity contribution is -0.202. The Bertz CT molecular complexity index is 1570. The fraction of sp³-hybridized carbons (Fsp3) is 0.367. The minimum atomic E-state index is -4.72. The number of carbonyl (C=O) groups excluding carboxylic acids is 2. The summed E-state index contributed by atoms with van der Waals surface area (Å²) in [7, 11) is 0. The summed E-state index contributed by atoms with van der Waals surface area (Å²) in [5, 5.41) is 8.98. The average Bonchev–Trinajstić information content (AvgIpc) is 3.41. The number of anilines is 1. The molecule has 2 amide bonds. The van der Waals surface area contributed by atoms with Gasteiger partial charge in [-0.1, -0.05) is 24.3 Å². The van der Waals surface area contributed by atoms with Gasteiger partial charge in [-0.25, -0.2) is 15.4 Å². The maximum Gasteiger partial charge on any atom is 0.402 e. The van der Waals surface area contributed by atoms with Gasteiger partial charge in [0.15, 0.2) is 5.92 Å². The third-order valence-corrected chi connectivity index (χ3v) is 8.27. The van der Waals surface area contributed by atoms with Gasteiger partial charge in [-0.05, 0) is 29.3 Å². The molecule has 3 atom stereocenters. The first-order chi connectivity index (χ1) is 21.2. The number of alkyl halides is 3. The van der Waals surface area contributed by atoms with Gasteiger partial charge in [-0.3, -0.25) is 19.9 Å². The molecule has 0 spiro atoms. The molecule has 3 unspecified atom stereocenters. The second kappa shape index (κ2) is 12.1. The molecule has 2 fully saturated rings. The number of halogens is 3. The van der Waals surface area contributed by atoms with Gasteiger partial charge < -0.3 is 14.5 Å². The van der Waals surface area contributed by atoms with Crippen molar-refractivity contribution >= 4 is 17.6 Å². The van der Waals surface area contributed by atoms with Crippen molar-refractivity contribution in [3.05, 3.63) is 83.2 Å². The molecule has 2 aromatic heterocycles. The van der Waals surface area contributed by atoms with Crippen LogP contribution in [0.1, 0.15) is 33.1 Å². The normalized spacial score (nSPS) is 22.2. The molecule has 0 bridgehead atoms. The van der Waals surface area contributed by atoms with E-state index in [4.69, 9.17) is 10.00 Å². The maximum atomic E-state index is 14.0. The fourth-order valence-corrected chi connectivity index (χ4v) is 6.06. The third kappa shape index (κ3) is 5.88. The molecule has 3 aromatic rings. The van der Waals surface area contributed by atoms with Crippen LogP contribution in [0.2, 0.25) is 0 Å². The molecule has 3 aliphatic rings. The molecule has 0 saturated carbocycles. The Kier molecular flexibility index (Phi) is 8.07. The number of amides is 2. The zero-order chi connectivity index (χ0) is 30.8. The van der Waals surface area contributed by atoms with Crippen LogP contribution in [0, 0.1) is 17.2 Å². The Morgan fingerprint density at radius 1 is 1.09 bits per heavy atom. The van der Waals surface area contributed by atoms with Crippen LogP contribution in [0.5, 0.6) is 5.88 Å². The quantitative estimate of drug-likeness (QED) is 0.435. The number of hydrazine groups is 1. The van der Waals surface area contributed by atoms with Crippen molar-refractivity contribution in [1.29, 1.82) is 5.26 Å². The number of pyridine rings is 2. The summed E-state index contributed by atoms with van der Waals surface area (Å²) in [6, 6.07) is 14.3. The molecule has 3 aliphatic heterocycles.